The van der Waals surface area contributed by atoms with Crippen LogP contribution in [0.4, 0.5) is 4.39 Å². The number of benzene rings is 3. The van der Waals surface area contributed by atoms with E-state index < -0.39 is 47.6 Å². The highest BCUT2D eigenvalue weighted by Crippen LogP contribution is 2.33. The van der Waals surface area contributed by atoms with Gasteiger partial charge in [0.2, 0.25) is 5.91 Å². The molecule has 3 aromatic carbocycles. The second kappa shape index (κ2) is 10.6. The Morgan fingerprint density at radius 1 is 1.08 bits per heavy atom. The minimum Gasteiger partial charge on any atom is -0.368 e. The van der Waals surface area contributed by atoms with E-state index in [4.69, 9.17) is 23.1 Å². The molecule has 0 spiro atoms. The largest absolute Gasteiger partial charge is 0.368 e. The van der Waals surface area contributed by atoms with E-state index in [9.17, 15) is 23.6 Å². The minimum atomic E-state index is -1.37. The van der Waals surface area contributed by atoms with Crippen molar-refractivity contribution < 1.29 is 23.6 Å². The van der Waals surface area contributed by atoms with Crippen LogP contribution in [0.1, 0.15) is 30.5 Å². The van der Waals surface area contributed by atoms with Gasteiger partial charge in [-0.1, -0.05) is 60.1 Å². The number of primary amides is 2. The van der Waals surface area contributed by atoms with E-state index in [0.717, 1.165) is 27.3 Å². The predicted molar refractivity (Wildman–Crippen MR) is 137 cm³/mol. The Bertz CT molecular complexity index is 1390. The lowest BCUT2D eigenvalue weighted by atomic mass is 9.96. The quantitative estimate of drug-likeness (QED) is 0.497. The van der Waals surface area contributed by atoms with Crippen molar-refractivity contribution >= 4 is 46.0 Å². The molecule has 0 aromatic heterocycles. The van der Waals surface area contributed by atoms with Crippen molar-refractivity contribution in [3.8, 4) is 0 Å². The summed E-state index contributed by atoms with van der Waals surface area (Å²) in [5, 5.41) is 1.62. The van der Waals surface area contributed by atoms with Crippen LogP contribution < -0.4 is 11.5 Å². The maximum Gasteiger partial charge on any atom is 0.312 e. The van der Waals surface area contributed by atoms with E-state index in [-0.39, 0.29) is 30.0 Å². The first-order valence-corrected chi connectivity index (χ1v) is 12.1. The molecule has 1 fully saturated rings. The van der Waals surface area contributed by atoms with Gasteiger partial charge in [0.15, 0.2) is 0 Å². The summed E-state index contributed by atoms with van der Waals surface area (Å²) in [6.07, 6.45) is 0.382. The molecule has 192 valence electrons. The van der Waals surface area contributed by atoms with Gasteiger partial charge >= 0.3 is 11.8 Å². The molecule has 37 heavy (non-hydrogen) atoms. The van der Waals surface area contributed by atoms with Crippen LogP contribution in [-0.2, 0) is 25.6 Å². The van der Waals surface area contributed by atoms with Gasteiger partial charge in [-0.2, -0.15) is 0 Å². The van der Waals surface area contributed by atoms with Gasteiger partial charge in [0.05, 0.1) is 5.02 Å². The molecular formula is C27H26ClFN4O4. The van der Waals surface area contributed by atoms with E-state index in [1.165, 1.54) is 17.0 Å². The van der Waals surface area contributed by atoms with Crippen LogP contribution in [0, 0.1) is 5.82 Å². The molecular weight excluding hydrogens is 499 g/mol. The molecule has 0 bridgehead atoms. The molecule has 4 N–H and O–H groups in total. The normalized spacial score (nSPS) is 18.9. The van der Waals surface area contributed by atoms with Crippen LogP contribution >= 0.6 is 11.6 Å². The van der Waals surface area contributed by atoms with Crippen molar-refractivity contribution in [2.75, 3.05) is 6.54 Å². The third-order valence-electron chi connectivity index (χ3n) is 6.76. The first-order chi connectivity index (χ1) is 17.6. The average Bonchev–Trinajstić information content (AvgIpc) is 2.99. The molecule has 4 rings (SSSR count). The number of hydrogen-bond acceptors (Lipinski definition) is 4. The van der Waals surface area contributed by atoms with E-state index in [1.807, 2.05) is 42.5 Å². The molecule has 0 aliphatic carbocycles. The van der Waals surface area contributed by atoms with E-state index in [1.54, 1.807) is 6.92 Å². The fraction of sp³-hybridized carbons (Fsp3) is 0.259. The van der Waals surface area contributed by atoms with Crippen molar-refractivity contribution in [3.05, 3.63) is 82.6 Å². The number of carbonyl (C=O) groups is 4. The number of rotatable bonds is 5. The number of nitrogens with zero attached hydrogens (tertiary/aromatic N) is 2. The van der Waals surface area contributed by atoms with Gasteiger partial charge in [-0.05, 0) is 47.4 Å². The minimum absolute atomic E-state index is 0.0896. The monoisotopic (exact) mass is 524 g/mol. The Labute approximate surface area is 217 Å². The van der Waals surface area contributed by atoms with Gasteiger partial charge in [0.25, 0.3) is 5.91 Å². The Morgan fingerprint density at radius 2 is 1.78 bits per heavy atom. The van der Waals surface area contributed by atoms with Crippen molar-refractivity contribution in [1.29, 1.82) is 0 Å². The zero-order chi connectivity index (χ0) is 26.9. The molecule has 0 radical (unpaired) electrons. The first kappa shape index (κ1) is 26.1. The fourth-order valence-corrected chi connectivity index (χ4v) is 5.08. The van der Waals surface area contributed by atoms with Gasteiger partial charge in [0, 0.05) is 19.0 Å². The molecule has 4 amide bonds. The van der Waals surface area contributed by atoms with Gasteiger partial charge < -0.3 is 21.3 Å². The number of amides is 4. The van der Waals surface area contributed by atoms with E-state index in [2.05, 4.69) is 0 Å². The lowest BCUT2D eigenvalue weighted by Gasteiger charge is -2.35. The van der Waals surface area contributed by atoms with Gasteiger partial charge in [-0.25, -0.2) is 4.39 Å². The molecule has 1 aliphatic rings. The summed E-state index contributed by atoms with van der Waals surface area (Å²) in [6.45, 7) is 1.76. The second-order valence-electron chi connectivity index (χ2n) is 9.08. The smallest absolute Gasteiger partial charge is 0.312 e. The van der Waals surface area contributed by atoms with Crippen LogP contribution in [0.5, 0.6) is 0 Å². The van der Waals surface area contributed by atoms with Crippen molar-refractivity contribution in [3.63, 3.8) is 0 Å². The Hall–Kier alpha value is -3.98. The van der Waals surface area contributed by atoms with Gasteiger partial charge in [-0.3, -0.25) is 19.2 Å². The molecule has 1 heterocycles. The van der Waals surface area contributed by atoms with Crippen molar-refractivity contribution in [2.24, 2.45) is 11.5 Å². The number of carbonyl (C=O) groups excluding carboxylic acids is 4. The molecule has 1 aliphatic heterocycles. The number of hydrogen-bond donors (Lipinski definition) is 2. The molecule has 3 aromatic rings. The molecule has 10 heteroatoms. The van der Waals surface area contributed by atoms with Crippen LogP contribution in [0.25, 0.3) is 10.8 Å². The highest BCUT2D eigenvalue weighted by molar-refractivity contribution is 6.35. The number of halogens is 2. The molecule has 8 nitrogen and oxygen atoms in total. The maximum atomic E-state index is 14.1. The highest BCUT2D eigenvalue weighted by Gasteiger charge is 2.44. The summed E-state index contributed by atoms with van der Waals surface area (Å²) in [6, 6.07) is 13.9. The van der Waals surface area contributed by atoms with Crippen LogP contribution in [-0.4, -0.2) is 52.1 Å². The van der Waals surface area contributed by atoms with Crippen LogP contribution in [0.2, 0.25) is 5.02 Å². The fourth-order valence-electron chi connectivity index (χ4n) is 4.89. The van der Waals surface area contributed by atoms with E-state index in [0.29, 0.717) is 0 Å². The lowest BCUT2D eigenvalue weighted by Crippen LogP contribution is -2.53. The standard InChI is InChI=1S/C27H26ClFN4O4/c1-15-11-12-32(22(24(30)34)14-17-7-4-6-16-5-2-3-8-19(16)17)26(36)23(33(15)27(37)25(31)35)18-9-10-21(29)20(28)13-18/h2-10,13,15,22-23H,11-12,14H2,1H3,(H2,30,34)(H2,31,35). The molecule has 0 saturated carbocycles. The highest BCUT2D eigenvalue weighted by atomic mass is 35.5. The summed E-state index contributed by atoms with van der Waals surface area (Å²) in [7, 11) is 0. The van der Waals surface area contributed by atoms with Crippen molar-refractivity contribution in [1.82, 2.24) is 9.80 Å². The zero-order valence-electron chi connectivity index (χ0n) is 20.1. The Kier molecular flexibility index (Phi) is 7.45. The van der Waals surface area contributed by atoms with Gasteiger partial charge in [-0.15, -0.1) is 0 Å². The Morgan fingerprint density at radius 3 is 2.46 bits per heavy atom. The third-order valence-corrected chi connectivity index (χ3v) is 7.05. The molecule has 3 unspecified atom stereocenters. The van der Waals surface area contributed by atoms with E-state index >= 15 is 0 Å². The van der Waals surface area contributed by atoms with Crippen molar-refractivity contribution in [2.45, 2.75) is 37.9 Å². The third kappa shape index (κ3) is 5.13. The summed E-state index contributed by atoms with van der Waals surface area (Å²) in [4.78, 5) is 54.0. The Balaban J connectivity index is 1.80. The van der Waals surface area contributed by atoms with Gasteiger partial charge in [0.1, 0.15) is 17.9 Å². The number of nitrogens with two attached hydrogens (primary N) is 2. The maximum absolute atomic E-state index is 14.1. The zero-order valence-corrected chi connectivity index (χ0v) is 20.8. The topological polar surface area (TPSA) is 127 Å². The van der Waals surface area contributed by atoms with Crippen LogP contribution in [0.3, 0.4) is 0 Å². The summed E-state index contributed by atoms with van der Waals surface area (Å²) >= 11 is 5.99. The average molecular weight is 525 g/mol. The van der Waals surface area contributed by atoms with Crippen LogP contribution in [0.15, 0.2) is 60.7 Å². The summed E-state index contributed by atoms with van der Waals surface area (Å²) in [5.74, 6) is -4.40. The number of fused-ring (bicyclic) bond motifs is 1. The SMILES string of the molecule is CC1CCN(C(Cc2cccc3ccccc23)C(N)=O)C(=O)C(c2ccc(F)c(Cl)c2)N1C(=O)C(N)=O. The second-order valence-corrected chi connectivity index (χ2v) is 9.49. The first-order valence-electron chi connectivity index (χ1n) is 11.7. The lowest BCUT2D eigenvalue weighted by molar-refractivity contribution is -0.152. The summed E-state index contributed by atoms with van der Waals surface area (Å²) in [5.41, 5.74) is 12.1. The molecule has 3 atom stereocenters. The predicted octanol–water partition coefficient (Wildman–Crippen LogP) is 2.70. The molecule has 1 saturated heterocycles. The summed E-state index contributed by atoms with van der Waals surface area (Å²) < 4.78 is 13.9.